The van der Waals surface area contributed by atoms with Crippen molar-refractivity contribution in [1.82, 2.24) is 0 Å². The molecule has 1 saturated carbocycles. The van der Waals surface area contributed by atoms with E-state index >= 15 is 0 Å². The molecular formula is C10H17O2-. The quantitative estimate of drug-likeness (QED) is 0.591. The highest BCUT2D eigenvalue weighted by molar-refractivity contribution is 5.73. The van der Waals surface area contributed by atoms with Crippen molar-refractivity contribution >= 4 is 5.97 Å². The van der Waals surface area contributed by atoms with E-state index in [2.05, 4.69) is 6.92 Å². The van der Waals surface area contributed by atoms with E-state index in [0.29, 0.717) is 5.92 Å². The largest absolute Gasteiger partial charge is 0.550 e. The molecule has 0 aliphatic heterocycles. The first-order valence-corrected chi connectivity index (χ1v) is 4.54. The van der Waals surface area contributed by atoms with Gasteiger partial charge in [-0.25, -0.2) is 0 Å². The summed E-state index contributed by atoms with van der Waals surface area (Å²) in [5, 5.41) is 11.0. The summed E-state index contributed by atoms with van der Waals surface area (Å²) in [6.45, 7) is 7.99. The average Bonchev–Trinajstić information content (AvgIpc) is 2.15. The van der Waals surface area contributed by atoms with Crippen molar-refractivity contribution in [2.24, 2.45) is 16.7 Å². The predicted octanol–water partition coefficient (Wildman–Crippen LogP) is 1.20. The Kier molecular flexibility index (Phi) is 1.97. The summed E-state index contributed by atoms with van der Waals surface area (Å²) in [5.74, 6) is -0.419. The molecule has 0 aromatic heterocycles. The zero-order valence-electron chi connectivity index (χ0n) is 8.31. The van der Waals surface area contributed by atoms with Crippen LogP contribution in [0.25, 0.3) is 0 Å². The van der Waals surface area contributed by atoms with E-state index in [1.54, 1.807) is 0 Å². The maximum Gasteiger partial charge on any atom is 0.0478 e. The zero-order valence-corrected chi connectivity index (χ0v) is 8.31. The Morgan fingerprint density at radius 3 is 2.08 bits per heavy atom. The first-order chi connectivity index (χ1) is 5.32. The van der Waals surface area contributed by atoms with Gasteiger partial charge in [-0.1, -0.05) is 27.7 Å². The van der Waals surface area contributed by atoms with Crippen LogP contribution in [0.5, 0.6) is 0 Å². The molecule has 0 aromatic rings. The van der Waals surface area contributed by atoms with Gasteiger partial charge in [-0.3, -0.25) is 0 Å². The first-order valence-electron chi connectivity index (χ1n) is 4.54. The molecule has 1 rings (SSSR count). The van der Waals surface area contributed by atoms with E-state index in [0.717, 1.165) is 12.8 Å². The number of rotatable bonds is 1. The highest BCUT2D eigenvalue weighted by atomic mass is 16.4. The van der Waals surface area contributed by atoms with Crippen LogP contribution in [0.3, 0.4) is 0 Å². The second-order valence-electron chi connectivity index (χ2n) is 4.78. The molecule has 0 bridgehead atoms. The Morgan fingerprint density at radius 2 is 1.92 bits per heavy atom. The molecular weight excluding hydrogens is 152 g/mol. The van der Waals surface area contributed by atoms with Gasteiger partial charge in [-0.05, 0) is 24.2 Å². The van der Waals surface area contributed by atoms with Crippen LogP contribution in [0.2, 0.25) is 0 Å². The third kappa shape index (κ3) is 0.970. The number of carbonyl (C=O) groups excluding carboxylic acids is 1. The third-order valence-corrected chi connectivity index (χ3v) is 4.18. The molecule has 0 spiro atoms. The monoisotopic (exact) mass is 169 g/mol. The van der Waals surface area contributed by atoms with Crippen LogP contribution in [0.1, 0.15) is 40.5 Å². The lowest BCUT2D eigenvalue weighted by atomic mass is 9.66. The van der Waals surface area contributed by atoms with Gasteiger partial charge in [0.25, 0.3) is 0 Å². The summed E-state index contributed by atoms with van der Waals surface area (Å²) >= 11 is 0. The van der Waals surface area contributed by atoms with Crippen LogP contribution in [-0.4, -0.2) is 5.97 Å². The topological polar surface area (TPSA) is 40.1 Å². The number of hydrogen-bond donors (Lipinski definition) is 0. The highest BCUT2D eigenvalue weighted by Crippen LogP contribution is 2.55. The Bertz CT molecular complexity index is 208. The third-order valence-electron chi connectivity index (χ3n) is 4.18. The molecule has 12 heavy (non-hydrogen) atoms. The van der Waals surface area contributed by atoms with Gasteiger partial charge in [0, 0.05) is 11.4 Å². The molecule has 70 valence electrons. The normalized spacial score (nSPS) is 39.8. The van der Waals surface area contributed by atoms with Crippen LogP contribution in [0.4, 0.5) is 0 Å². The summed E-state index contributed by atoms with van der Waals surface area (Å²) in [6.07, 6.45) is 1.75. The summed E-state index contributed by atoms with van der Waals surface area (Å²) < 4.78 is 0. The summed E-state index contributed by atoms with van der Waals surface area (Å²) in [7, 11) is 0. The van der Waals surface area contributed by atoms with E-state index in [4.69, 9.17) is 0 Å². The van der Waals surface area contributed by atoms with Crippen molar-refractivity contribution in [2.45, 2.75) is 40.5 Å². The maximum absolute atomic E-state index is 11.0. The minimum absolute atomic E-state index is 0.133. The second-order valence-corrected chi connectivity index (χ2v) is 4.78. The van der Waals surface area contributed by atoms with Gasteiger partial charge in [-0.15, -0.1) is 0 Å². The van der Waals surface area contributed by atoms with E-state index < -0.39 is 11.4 Å². The molecule has 1 aliphatic rings. The lowest BCUT2D eigenvalue weighted by Gasteiger charge is -2.41. The van der Waals surface area contributed by atoms with Crippen LogP contribution in [0, 0.1) is 16.7 Å². The van der Waals surface area contributed by atoms with E-state index in [-0.39, 0.29) is 5.41 Å². The van der Waals surface area contributed by atoms with Crippen molar-refractivity contribution in [1.29, 1.82) is 0 Å². The van der Waals surface area contributed by atoms with Crippen molar-refractivity contribution in [3.8, 4) is 0 Å². The highest BCUT2D eigenvalue weighted by Gasteiger charge is 2.50. The van der Waals surface area contributed by atoms with Crippen LogP contribution in [-0.2, 0) is 4.79 Å². The molecule has 0 amide bonds. The van der Waals surface area contributed by atoms with Crippen molar-refractivity contribution < 1.29 is 9.90 Å². The molecule has 2 heteroatoms. The summed E-state index contributed by atoms with van der Waals surface area (Å²) in [5.41, 5.74) is -0.766. The van der Waals surface area contributed by atoms with Crippen LogP contribution < -0.4 is 5.11 Å². The molecule has 0 unspecified atom stereocenters. The summed E-state index contributed by atoms with van der Waals surface area (Å²) in [4.78, 5) is 11.0. The van der Waals surface area contributed by atoms with Gasteiger partial charge in [0.05, 0.1) is 0 Å². The smallest absolute Gasteiger partial charge is 0.0478 e. The first kappa shape index (κ1) is 9.56. The van der Waals surface area contributed by atoms with Gasteiger partial charge >= 0.3 is 0 Å². The number of hydrogen-bond acceptors (Lipinski definition) is 2. The number of carboxylic acid groups (broad SMARTS) is 1. The van der Waals surface area contributed by atoms with Crippen molar-refractivity contribution in [3.05, 3.63) is 0 Å². The fourth-order valence-corrected chi connectivity index (χ4v) is 2.10. The molecule has 0 aromatic carbocycles. The number of carbonyl (C=O) groups is 1. The Balaban J connectivity index is 3.01. The fourth-order valence-electron chi connectivity index (χ4n) is 2.10. The molecule has 0 saturated heterocycles. The van der Waals surface area contributed by atoms with Gasteiger partial charge in [-0.2, -0.15) is 0 Å². The summed E-state index contributed by atoms with van der Waals surface area (Å²) in [6, 6.07) is 0. The lowest BCUT2D eigenvalue weighted by molar-refractivity contribution is -0.323. The van der Waals surface area contributed by atoms with Gasteiger partial charge < -0.3 is 9.90 Å². The van der Waals surface area contributed by atoms with Crippen LogP contribution >= 0.6 is 0 Å². The minimum Gasteiger partial charge on any atom is -0.550 e. The molecule has 0 heterocycles. The van der Waals surface area contributed by atoms with Crippen LogP contribution in [0.15, 0.2) is 0 Å². The van der Waals surface area contributed by atoms with E-state index in [9.17, 15) is 9.90 Å². The lowest BCUT2D eigenvalue weighted by Crippen LogP contribution is -2.47. The molecule has 2 atom stereocenters. The minimum atomic E-state index is -0.892. The van der Waals surface area contributed by atoms with E-state index in [1.807, 2.05) is 20.8 Å². The van der Waals surface area contributed by atoms with E-state index in [1.165, 1.54) is 0 Å². The van der Waals surface area contributed by atoms with Gasteiger partial charge in [0.2, 0.25) is 0 Å². The van der Waals surface area contributed by atoms with Gasteiger partial charge in [0.1, 0.15) is 0 Å². The molecule has 1 fully saturated rings. The SMILES string of the molecule is C[C@@H]1CC[C@](C)(C(=O)[O-])C1(C)C. The number of carboxylic acids is 1. The zero-order chi connectivity index (χ0) is 9.57. The Hall–Kier alpha value is -0.530. The molecule has 0 N–H and O–H groups in total. The average molecular weight is 169 g/mol. The fraction of sp³-hybridized carbons (Fsp3) is 0.900. The van der Waals surface area contributed by atoms with Gasteiger partial charge in [0.15, 0.2) is 0 Å². The van der Waals surface area contributed by atoms with Crippen molar-refractivity contribution in [3.63, 3.8) is 0 Å². The maximum atomic E-state index is 11.0. The number of aliphatic carboxylic acids is 1. The van der Waals surface area contributed by atoms with Crippen molar-refractivity contribution in [2.75, 3.05) is 0 Å². The second kappa shape index (κ2) is 2.48. The molecule has 0 radical (unpaired) electrons. The standard InChI is InChI=1S/C10H18O2/c1-7-5-6-10(4,8(11)12)9(7,2)3/h7H,5-6H2,1-4H3,(H,11,12)/p-1/t7-,10-/m1/s1. The molecule has 1 aliphatic carbocycles. The Morgan fingerprint density at radius 1 is 1.42 bits per heavy atom. The molecule has 2 nitrogen and oxygen atoms in total. The Labute approximate surface area is 74.0 Å². The predicted molar refractivity (Wildman–Crippen MR) is 45.3 cm³/mol.